The molecule has 2 rings (SSSR count). The summed E-state index contributed by atoms with van der Waals surface area (Å²) >= 11 is 11.7. The third kappa shape index (κ3) is 3.88. The Morgan fingerprint density at radius 1 is 1.53 bits per heavy atom. The van der Waals surface area contributed by atoms with Crippen LogP contribution in [0.5, 0.6) is 0 Å². The van der Waals surface area contributed by atoms with Gasteiger partial charge in [0.1, 0.15) is 0 Å². The lowest BCUT2D eigenvalue weighted by atomic mass is 10.1. The normalized spacial score (nSPS) is 24.2. The van der Waals surface area contributed by atoms with Crippen LogP contribution < -0.4 is 5.32 Å². The molecule has 1 N–H and O–H groups in total. The van der Waals surface area contributed by atoms with E-state index in [9.17, 15) is 0 Å². The number of rotatable bonds is 4. The van der Waals surface area contributed by atoms with E-state index in [-0.39, 0.29) is 0 Å². The molecular formula is C13H17BrClNS. The summed E-state index contributed by atoms with van der Waals surface area (Å²) in [4.78, 5) is 0. The van der Waals surface area contributed by atoms with Crippen LogP contribution in [0.25, 0.3) is 0 Å². The average molecular weight is 335 g/mol. The molecule has 0 amide bonds. The molecule has 4 heteroatoms. The fourth-order valence-corrected chi connectivity index (χ4v) is 4.12. The first-order valence-electron chi connectivity index (χ1n) is 5.88. The smallest absolute Gasteiger partial charge is 0.0462 e. The van der Waals surface area contributed by atoms with E-state index >= 15 is 0 Å². The van der Waals surface area contributed by atoms with Gasteiger partial charge >= 0.3 is 0 Å². The standard InChI is InChI=1S/C13H17BrClNS/c1-13(5-2-6-17-13)9-16-8-10-3-4-11(14)7-12(10)15/h3-4,7,16H,2,5-6,8-9H2,1H3. The van der Waals surface area contributed by atoms with Gasteiger partial charge in [0.05, 0.1) is 0 Å². The molecule has 94 valence electrons. The first-order valence-corrected chi connectivity index (χ1v) is 8.03. The molecule has 1 aliphatic rings. The molecule has 0 saturated carbocycles. The summed E-state index contributed by atoms with van der Waals surface area (Å²) < 4.78 is 1.45. The summed E-state index contributed by atoms with van der Waals surface area (Å²) in [5.41, 5.74) is 1.17. The van der Waals surface area contributed by atoms with Gasteiger partial charge in [-0.1, -0.05) is 33.6 Å². The maximum atomic E-state index is 6.18. The quantitative estimate of drug-likeness (QED) is 0.871. The van der Waals surface area contributed by atoms with Crippen molar-refractivity contribution in [2.45, 2.75) is 31.1 Å². The molecule has 17 heavy (non-hydrogen) atoms. The Morgan fingerprint density at radius 2 is 2.35 bits per heavy atom. The minimum Gasteiger partial charge on any atom is -0.311 e. The van der Waals surface area contributed by atoms with Crippen LogP contribution in [0.1, 0.15) is 25.3 Å². The number of hydrogen-bond acceptors (Lipinski definition) is 2. The van der Waals surface area contributed by atoms with E-state index in [1.165, 1.54) is 24.2 Å². The number of hydrogen-bond donors (Lipinski definition) is 1. The minimum absolute atomic E-state index is 0.418. The second-order valence-corrected chi connectivity index (χ2v) is 7.75. The van der Waals surface area contributed by atoms with Gasteiger partial charge in [0.15, 0.2) is 0 Å². The summed E-state index contributed by atoms with van der Waals surface area (Å²) in [6, 6.07) is 6.06. The van der Waals surface area contributed by atoms with Crippen LogP contribution in [0.15, 0.2) is 22.7 Å². The van der Waals surface area contributed by atoms with Crippen LogP contribution in [-0.4, -0.2) is 17.0 Å². The van der Waals surface area contributed by atoms with E-state index < -0.39 is 0 Å². The Balaban J connectivity index is 1.85. The first kappa shape index (κ1) is 13.7. The SMILES string of the molecule is CC1(CNCc2ccc(Br)cc2Cl)CCCS1. The van der Waals surface area contributed by atoms with Crippen LogP contribution >= 0.6 is 39.3 Å². The van der Waals surface area contributed by atoms with Crippen molar-refractivity contribution in [1.29, 1.82) is 0 Å². The second kappa shape index (κ2) is 5.96. The molecule has 1 fully saturated rings. The van der Waals surface area contributed by atoms with E-state index in [1.807, 2.05) is 12.1 Å². The van der Waals surface area contributed by atoms with Crippen molar-refractivity contribution in [2.75, 3.05) is 12.3 Å². The van der Waals surface area contributed by atoms with E-state index in [0.29, 0.717) is 4.75 Å². The molecule has 1 nitrogen and oxygen atoms in total. The third-order valence-electron chi connectivity index (χ3n) is 3.13. The fourth-order valence-electron chi connectivity index (χ4n) is 2.10. The summed E-state index contributed by atoms with van der Waals surface area (Å²) in [6.07, 6.45) is 2.67. The monoisotopic (exact) mass is 333 g/mol. The van der Waals surface area contributed by atoms with Crippen LogP contribution in [0.3, 0.4) is 0 Å². The van der Waals surface area contributed by atoms with Crippen molar-refractivity contribution in [3.8, 4) is 0 Å². The van der Waals surface area contributed by atoms with Crippen LogP contribution in [0, 0.1) is 0 Å². The molecule has 1 aliphatic heterocycles. The maximum absolute atomic E-state index is 6.18. The second-order valence-electron chi connectivity index (χ2n) is 4.74. The zero-order valence-corrected chi connectivity index (χ0v) is 13.1. The highest BCUT2D eigenvalue weighted by atomic mass is 79.9. The van der Waals surface area contributed by atoms with Crippen molar-refractivity contribution in [1.82, 2.24) is 5.32 Å². The molecule has 0 radical (unpaired) electrons. The summed E-state index contributed by atoms with van der Waals surface area (Å²) in [5.74, 6) is 1.30. The number of thioether (sulfide) groups is 1. The molecule has 0 bridgehead atoms. The van der Waals surface area contributed by atoms with E-state index in [4.69, 9.17) is 11.6 Å². The van der Waals surface area contributed by atoms with Gasteiger partial charge in [-0.25, -0.2) is 0 Å². The molecule has 1 unspecified atom stereocenters. The molecule has 1 heterocycles. The number of nitrogens with one attached hydrogen (secondary N) is 1. The Morgan fingerprint density at radius 3 is 3.00 bits per heavy atom. The Kier molecular flexibility index (Phi) is 4.81. The van der Waals surface area contributed by atoms with Gasteiger partial charge in [-0.05, 0) is 43.2 Å². The molecule has 1 aromatic carbocycles. The molecule has 1 aromatic rings. The molecule has 0 spiro atoms. The van der Waals surface area contributed by atoms with Crippen LogP contribution in [0.4, 0.5) is 0 Å². The molecule has 1 saturated heterocycles. The lowest BCUT2D eigenvalue weighted by Crippen LogP contribution is -2.32. The van der Waals surface area contributed by atoms with Crippen molar-refractivity contribution < 1.29 is 0 Å². The molecule has 1 atom stereocenters. The summed E-state index contributed by atoms with van der Waals surface area (Å²) in [7, 11) is 0. The predicted octanol–water partition coefficient (Wildman–Crippen LogP) is 4.48. The highest BCUT2D eigenvalue weighted by Crippen LogP contribution is 2.37. The zero-order chi connectivity index (χ0) is 12.3. The maximum Gasteiger partial charge on any atom is 0.0462 e. The van der Waals surface area contributed by atoms with Crippen LogP contribution in [0.2, 0.25) is 5.02 Å². The van der Waals surface area contributed by atoms with Gasteiger partial charge in [0.2, 0.25) is 0 Å². The third-order valence-corrected chi connectivity index (χ3v) is 5.51. The molecule has 0 aromatic heterocycles. The molecular weight excluding hydrogens is 318 g/mol. The van der Waals surface area contributed by atoms with Crippen LogP contribution in [-0.2, 0) is 6.54 Å². The van der Waals surface area contributed by atoms with E-state index in [0.717, 1.165) is 22.6 Å². The van der Waals surface area contributed by atoms with Gasteiger partial charge < -0.3 is 5.32 Å². The highest BCUT2D eigenvalue weighted by Gasteiger charge is 2.28. The zero-order valence-electron chi connectivity index (χ0n) is 9.93. The van der Waals surface area contributed by atoms with Crippen molar-refractivity contribution >= 4 is 39.3 Å². The van der Waals surface area contributed by atoms with Gasteiger partial charge in [-0.3, -0.25) is 0 Å². The number of halogens is 2. The predicted molar refractivity (Wildman–Crippen MR) is 81.0 cm³/mol. The topological polar surface area (TPSA) is 12.0 Å². The van der Waals surface area contributed by atoms with Gasteiger partial charge in [0.25, 0.3) is 0 Å². The van der Waals surface area contributed by atoms with Crippen molar-refractivity contribution in [3.63, 3.8) is 0 Å². The molecule has 0 aliphatic carbocycles. The Hall–Kier alpha value is 0.300. The Bertz CT molecular complexity index is 391. The lowest BCUT2D eigenvalue weighted by Gasteiger charge is -2.23. The lowest BCUT2D eigenvalue weighted by molar-refractivity contribution is 0.537. The minimum atomic E-state index is 0.418. The number of benzene rings is 1. The first-order chi connectivity index (χ1) is 8.09. The summed E-state index contributed by atoms with van der Waals surface area (Å²) in [5, 5.41) is 4.35. The highest BCUT2D eigenvalue weighted by molar-refractivity contribution is 9.10. The average Bonchev–Trinajstić information content (AvgIpc) is 2.69. The van der Waals surface area contributed by atoms with Gasteiger partial charge in [-0.15, -0.1) is 0 Å². The van der Waals surface area contributed by atoms with Gasteiger partial charge in [0, 0.05) is 27.3 Å². The van der Waals surface area contributed by atoms with Crippen molar-refractivity contribution in [3.05, 3.63) is 33.3 Å². The largest absolute Gasteiger partial charge is 0.311 e. The van der Waals surface area contributed by atoms with Gasteiger partial charge in [-0.2, -0.15) is 11.8 Å². The van der Waals surface area contributed by atoms with Crippen molar-refractivity contribution in [2.24, 2.45) is 0 Å². The summed E-state index contributed by atoms with van der Waals surface area (Å²) in [6.45, 7) is 4.26. The van der Waals surface area contributed by atoms with E-state index in [2.05, 4.69) is 46.0 Å². The fraction of sp³-hybridized carbons (Fsp3) is 0.538. The van der Waals surface area contributed by atoms with E-state index in [1.54, 1.807) is 0 Å². The Labute approximate surface area is 121 Å².